The Morgan fingerprint density at radius 1 is 1.39 bits per heavy atom. The van der Waals surface area contributed by atoms with Gasteiger partial charge in [0.15, 0.2) is 0 Å². The highest BCUT2D eigenvalue weighted by atomic mass is 19.1. The van der Waals surface area contributed by atoms with Crippen molar-refractivity contribution in [1.29, 1.82) is 0 Å². The van der Waals surface area contributed by atoms with Crippen LogP contribution in [0.25, 0.3) is 0 Å². The fraction of sp³-hybridized carbons (Fsp3) is 0.600. The van der Waals surface area contributed by atoms with E-state index in [2.05, 4.69) is 12.2 Å². The van der Waals surface area contributed by atoms with Crippen molar-refractivity contribution in [3.05, 3.63) is 29.6 Å². The third-order valence-electron chi connectivity index (χ3n) is 4.42. The summed E-state index contributed by atoms with van der Waals surface area (Å²) in [4.78, 5) is 0. The summed E-state index contributed by atoms with van der Waals surface area (Å²) in [5.41, 5.74) is 1.01. The molecule has 3 rings (SSSR count). The molecule has 0 bridgehead atoms. The second-order valence-electron chi connectivity index (χ2n) is 5.86. The summed E-state index contributed by atoms with van der Waals surface area (Å²) in [7, 11) is 1.97. The molecule has 3 unspecified atom stereocenters. The Bertz CT molecular complexity index is 462. The van der Waals surface area contributed by atoms with Crippen LogP contribution in [0, 0.1) is 11.7 Å². The van der Waals surface area contributed by atoms with Crippen molar-refractivity contribution in [3.8, 4) is 5.75 Å². The van der Waals surface area contributed by atoms with E-state index in [1.54, 1.807) is 0 Å². The maximum Gasteiger partial charge on any atom is 0.127 e. The Labute approximate surface area is 108 Å². The zero-order valence-electron chi connectivity index (χ0n) is 11.0. The zero-order valence-corrected chi connectivity index (χ0v) is 11.0. The van der Waals surface area contributed by atoms with Crippen LogP contribution < -0.4 is 10.1 Å². The van der Waals surface area contributed by atoms with Crippen LogP contribution >= 0.6 is 0 Å². The van der Waals surface area contributed by atoms with Gasteiger partial charge in [0.2, 0.25) is 0 Å². The summed E-state index contributed by atoms with van der Waals surface area (Å²) in [6.07, 6.45) is 4.37. The number of halogens is 1. The van der Waals surface area contributed by atoms with Crippen LogP contribution in [0.15, 0.2) is 18.2 Å². The summed E-state index contributed by atoms with van der Waals surface area (Å²) in [5.74, 6) is 1.22. The minimum Gasteiger partial charge on any atom is -0.487 e. The largest absolute Gasteiger partial charge is 0.487 e. The number of fused-ring (bicyclic) bond motifs is 1. The molecule has 0 radical (unpaired) electrons. The monoisotopic (exact) mass is 249 g/mol. The minimum absolute atomic E-state index is 0.0755. The lowest BCUT2D eigenvalue weighted by Crippen LogP contribution is -2.41. The van der Waals surface area contributed by atoms with Crippen LogP contribution in [0.1, 0.15) is 44.2 Å². The van der Waals surface area contributed by atoms with Crippen LogP contribution in [-0.4, -0.2) is 12.6 Å². The first-order chi connectivity index (χ1) is 8.62. The summed E-state index contributed by atoms with van der Waals surface area (Å²) in [6, 6.07) is 5.17. The fourth-order valence-electron chi connectivity index (χ4n) is 3.53. The summed E-state index contributed by atoms with van der Waals surface area (Å²) in [5, 5.41) is 3.34. The number of hydrogen-bond acceptors (Lipinski definition) is 2. The van der Waals surface area contributed by atoms with Crippen LogP contribution in [-0.2, 0) is 0 Å². The predicted molar refractivity (Wildman–Crippen MR) is 69.2 cm³/mol. The van der Waals surface area contributed by atoms with Crippen molar-refractivity contribution < 1.29 is 9.13 Å². The van der Waals surface area contributed by atoms with Gasteiger partial charge in [0.1, 0.15) is 17.2 Å². The molecule has 2 nitrogen and oxygen atoms in total. The molecule has 1 aliphatic carbocycles. The molecule has 1 aliphatic heterocycles. The lowest BCUT2D eigenvalue weighted by molar-refractivity contribution is 0.0344. The molecular weight excluding hydrogens is 229 g/mol. The number of rotatable bonds is 1. The standard InChI is InChI=1S/C15H20FNO/c1-10-5-6-15(8-10)9-13(17-2)12-4-3-11(16)7-14(12)18-15/h3-4,7,10,13,17H,5-6,8-9H2,1-2H3. The van der Waals surface area contributed by atoms with E-state index in [4.69, 9.17) is 4.74 Å². The first kappa shape index (κ1) is 12.0. The van der Waals surface area contributed by atoms with E-state index in [0.29, 0.717) is 5.92 Å². The second kappa shape index (κ2) is 4.23. The Hall–Kier alpha value is -1.09. The van der Waals surface area contributed by atoms with Gasteiger partial charge in [0.05, 0.1) is 0 Å². The van der Waals surface area contributed by atoms with Crippen LogP contribution in [0.3, 0.4) is 0 Å². The zero-order chi connectivity index (χ0) is 12.8. The first-order valence-corrected chi connectivity index (χ1v) is 6.78. The minimum atomic E-state index is -0.216. The van der Waals surface area contributed by atoms with Gasteiger partial charge in [-0.15, -0.1) is 0 Å². The average Bonchev–Trinajstić information content (AvgIpc) is 2.68. The number of ether oxygens (including phenoxy) is 1. The van der Waals surface area contributed by atoms with Gasteiger partial charge in [-0.25, -0.2) is 4.39 Å². The average molecular weight is 249 g/mol. The van der Waals surface area contributed by atoms with Gasteiger partial charge < -0.3 is 10.1 Å². The van der Waals surface area contributed by atoms with Gasteiger partial charge in [0.25, 0.3) is 0 Å². The Morgan fingerprint density at radius 3 is 2.89 bits per heavy atom. The predicted octanol–water partition coefficient (Wildman–Crippen LogP) is 3.43. The fourth-order valence-corrected chi connectivity index (χ4v) is 3.53. The SMILES string of the molecule is CNC1CC2(CCC(C)C2)Oc2cc(F)ccc21. The van der Waals surface area contributed by atoms with E-state index >= 15 is 0 Å². The molecule has 1 aromatic carbocycles. The van der Waals surface area contributed by atoms with E-state index in [0.717, 1.165) is 30.6 Å². The number of nitrogens with one attached hydrogen (secondary N) is 1. The van der Waals surface area contributed by atoms with Crippen molar-refractivity contribution in [3.63, 3.8) is 0 Å². The molecule has 1 N–H and O–H groups in total. The molecular formula is C15H20FNO. The molecule has 18 heavy (non-hydrogen) atoms. The summed E-state index contributed by atoms with van der Waals surface area (Å²) < 4.78 is 19.6. The number of benzene rings is 1. The van der Waals surface area contributed by atoms with Gasteiger partial charge >= 0.3 is 0 Å². The summed E-state index contributed by atoms with van der Waals surface area (Å²) >= 11 is 0. The molecule has 1 spiro atoms. The third-order valence-corrected chi connectivity index (χ3v) is 4.42. The quantitative estimate of drug-likeness (QED) is 0.823. The van der Waals surface area contributed by atoms with Crippen molar-refractivity contribution in [1.82, 2.24) is 5.32 Å². The maximum atomic E-state index is 13.4. The molecule has 1 fully saturated rings. The highest BCUT2D eigenvalue weighted by molar-refractivity contribution is 5.39. The highest BCUT2D eigenvalue weighted by Crippen LogP contribution is 2.48. The molecule has 98 valence electrons. The van der Waals surface area contributed by atoms with Gasteiger partial charge in [-0.05, 0) is 38.3 Å². The maximum absolute atomic E-state index is 13.4. The number of hydrogen-bond donors (Lipinski definition) is 1. The van der Waals surface area contributed by atoms with E-state index in [1.807, 2.05) is 13.1 Å². The van der Waals surface area contributed by atoms with Crippen molar-refractivity contribution in [2.45, 2.75) is 44.2 Å². The Morgan fingerprint density at radius 2 is 2.22 bits per heavy atom. The van der Waals surface area contributed by atoms with E-state index in [1.165, 1.54) is 18.6 Å². The van der Waals surface area contributed by atoms with Crippen molar-refractivity contribution in [2.75, 3.05) is 7.05 Å². The second-order valence-corrected chi connectivity index (χ2v) is 5.86. The lowest BCUT2D eigenvalue weighted by Gasteiger charge is -2.40. The van der Waals surface area contributed by atoms with E-state index in [-0.39, 0.29) is 17.5 Å². The lowest BCUT2D eigenvalue weighted by atomic mass is 9.85. The molecule has 0 amide bonds. The molecule has 3 atom stereocenters. The van der Waals surface area contributed by atoms with Crippen molar-refractivity contribution in [2.24, 2.45) is 5.92 Å². The molecule has 1 saturated carbocycles. The Kier molecular flexibility index (Phi) is 2.81. The smallest absolute Gasteiger partial charge is 0.127 e. The van der Waals surface area contributed by atoms with Gasteiger partial charge in [-0.1, -0.05) is 13.0 Å². The molecule has 3 heteroatoms. The molecule has 0 saturated heterocycles. The molecule has 0 aromatic heterocycles. The Balaban J connectivity index is 1.98. The summed E-state index contributed by atoms with van der Waals surface area (Å²) in [6.45, 7) is 2.27. The van der Waals surface area contributed by atoms with Crippen LogP contribution in [0.4, 0.5) is 4.39 Å². The topological polar surface area (TPSA) is 21.3 Å². The molecule has 1 heterocycles. The van der Waals surface area contributed by atoms with Gasteiger partial charge in [-0.3, -0.25) is 0 Å². The third kappa shape index (κ3) is 1.91. The van der Waals surface area contributed by atoms with Gasteiger partial charge in [0, 0.05) is 24.1 Å². The normalized spacial score (nSPS) is 34.4. The highest BCUT2D eigenvalue weighted by Gasteiger charge is 2.45. The van der Waals surface area contributed by atoms with E-state index in [9.17, 15) is 4.39 Å². The van der Waals surface area contributed by atoms with Crippen LogP contribution in [0.2, 0.25) is 0 Å². The van der Waals surface area contributed by atoms with Crippen molar-refractivity contribution >= 4 is 0 Å². The van der Waals surface area contributed by atoms with Crippen LogP contribution in [0.5, 0.6) is 5.75 Å². The molecule has 2 aliphatic rings. The van der Waals surface area contributed by atoms with E-state index < -0.39 is 0 Å². The molecule has 1 aromatic rings. The first-order valence-electron chi connectivity index (χ1n) is 6.78. The van der Waals surface area contributed by atoms with Gasteiger partial charge in [-0.2, -0.15) is 0 Å².